The number of hydrogen-bond donors (Lipinski definition) is 0. The Morgan fingerprint density at radius 2 is 2.14 bits per heavy atom. The van der Waals surface area contributed by atoms with Crippen molar-refractivity contribution in [1.82, 2.24) is 9.97 Å². The molecule has 0 saturated carbocycles. The molecule has 0 radical (unpaired) electrons. The smallest absolute Gasteiger partial charge is 0.125 e. The van der Waals surface area contributed by atoms with E-state index in [9.17, 15) is 0 Å². The number of hydrogen-bond acceptors (Lipinski definition) is 4. The van der Waals surface area contributed by atoms with Crippen molar-refractivity contribution in [3.8, 4) is 27.6 Å². The lowest BCUT2D eigenvalue weighted by atomic mass is 9.93. The van der Waals surface area contributed by atoms with Crippen molar-refractivity contribution in [2.24, 2.45) is 0 Å². The average Bonchev–Trinajstić information content (AvgIpc) is 3.00. The van der Waals surface area contributed by atoms with E-state index in [1.165, 1.54) is 16.0 Å². The van der Waals surface area contributed by atoms with Crippen LogP contribution in [0.5, 0.6) is 5.75 Å². The maximum Gasteiger partial charge on any atom is 0.125 e. The fourth-order valence-electron chi connectivity index (χ4n) is 2.71. The van der Waals surface area contributed by atoms with E-state index in [-0.39, 0.29) is 0 Å². The summed E-state index contributed by atoms with van der Waals surface area (Å²) in [6.45, 7) is 0. The van der Waals surface area contributed by atoms with Crippen molar-refractivity contribution in [1.29, 1.82) is 0 Å². The van der Waals surface area contributed by atoms with Crippen LogP contribution in [-0.4, -0.2) is 17.1 Å². The van der Waals surface area contributed by atoms with E-state index in [4.69, 9.17) is 9.72 Å². The maximum absolute atomic E-state index is 5.35. The Hall–Kier alpha value is -2.20. The molecule has 104 valence electrons. The summed E-state index contributed by atoms with van der Waals surface area (Å²) in [5.74, 6) is 0.887. The Labute approximate surface area is 127 Å². The molecule has 0 bridgehead atoms. The van der Waals surface area contributed by atoms with E-state index in [2.05, 4.69) is 23.2 Å². The van der Waals surface area contributed by atoms with E-state index < -0.39 is 0 Å². The number of benzene rings is 1. The molecule has 1 aliphatic carbocycles. The summed E-state index contributed by atoms with van der Waals surface area (Å²) in [5.41, 5.74) is 4.76. The fourth-order valence-corrected chi connectivity index (χ4v) is 3.78. The first kappa shape index (κ1) is 12.5. The Kier molecular flexibility index (Phi) is 2.97. The third-order valence-electron chi connectivity index (χ3n) is 3.80. The van der Waals surface area contributed by atoms with E-state index in [1.807, 2.05) is 18.3 Å². The monoisotopic (exact) mass is 294 g/mol. The second kappa shape index (κ2) is 4.97. The lowest BCUT2D eigenvalue weighted by molar-refractivity contribution is 0.415. The van der Waals surface area contributed by atoms with Crippen LogP contribution in [0.3, 0.4) is 0 Å². The van der Waals surface area contributed by atoms with Gasteiger partial charge in [-0.15, -0.1) is 11.3 Å². The first-order valence-electron chi connectivity index (χ1n) is 6.92. The van der Waals surface area contributed by atoms with Crippen LogP contribution in [0, 0.1) is 0 Å². The number of pyridine rings is 1. The lowest BCUT2D eigenvalue weighted by Crippen LogP contribution is -2.02. The molecule has 0 fully saturated rings. The molecule has 0 aliphatic heterocycles. The summed E-state index contributed by atoms with van der Waals surface area (Å²) in [5, 5.41) is 1.05. The standard InChI is InChI=1S/C17H14N2OS/c1-20-13-6-4-11-5-7-15-16(14(11)9-13)19-17(21-15)12-3-2-8-18-10-12/h2-4,6,8-10H,5,7H2,1H3. The highest BCUT2D eigenvalue weighted by Gasteiger charge is 2.21. The number of methoxy groups -OCH3 is 1. The summed E-state index contributed by atoms with van der Waals surface area (Å²) in [6, 6.07) is 10.3. The SMILES string of the molecule is COc1ccc2c(c1)-c1nc(-c3cccnc3)sc1CC2. The van der Waals surface area contributed by atoms with Gasteiger partial charge in [0.1, 0.15) is 10.8 Å². The predicted molar refractivity (Wildman–Crippen MR) is 84.7 cm³/mol. The van der Waals surface area contributed by atoms with E-state index in [0.717, 1.165) is 34.9 Å². The Morgan fingerprint density at radius 3 is 2.95 bits per heavy atom. The van der Waals surface area contributed by atoms with Gasteiger partial charge < -0.3 is 4.74 Å². The largest absolute Gasteiger partial charge is 0.497 e. The highest BCUT2D eigenvalue weighted by Crippen LogP contribution is 2.40. The summed E-state index contributed by atoms with van der Waals surface area (Å²) < 4.78 is 5.35. The van der Waals surface area contributed by atoms with E-state index in [0.29, 0.717) is 0 Å². The van der Waals surface area contributed by atoms with Gasteiger partial charge in [-0.3, -0.25) is 4.98 Å². The van der Waals surface area contributed by atoms with Crippen LogP contribution in [0.1, 0.15) is 10.4 Å². The fraction of sp³-hybridized carbons (Fsp3) is 0.176. The van der Waals surface area contributed by atoms with Crippen LogP contribution in [0.25, 0.3) is 21.8 Å². The zero-order valence-electron chi connectivity index (χ0n) is 11.7. The number of aromatic nitrogens is 2. The van der Waals surface area contributed by atoms with Gasteiger partial charge in [0.05, 0.1) is 12.8 Å². The molecule has 3 aromatic rings. The second-order valence-electron chi connectivity index (χ2n) is 5.06. The minimum atomic E-state index is 0.887. The van der Waals surface area contributed by atoms with Crippen molar-refractivity contribution >= 4 is 11.3 Å². The van der Waals surface area contributed by atoms with Gasteiger partial charge in [0, 0.05) is 28.4 Å². The summed E-state index contributed by atoms with van der Waals surface area (Å²) >= 11 is 1.77. The third kappa shape index (κ3) is 2.12. The molecule has 1 aromatic carbocycles. The summed E-state index contributed by atoms with van der Waals surface area (Å²) in [7, 11) is 1.70. The molecule has 4 heteroatoms. The molecule has 21 heavy (non-hydrogen) atoms. The molecular formula is C17H14N2OS. The number of nitrogens with zero attached hydrogens (tertiary/aromatic N) is 2. The molecule has 0 amide bonds. The van der Waals surface area contributed by atoms with Crippen molar-refractivity contribution in [2.75, 3.05) is 7.11 Å². The lowest BCUT2D eigenvalue weighted by Gasteiger charge is -2.15. The van der Waals surface area contributed by atoms with Gasteiger partial charge in [-0.2, -0.15) is 0 Å². The van der Waals surface area contributed by atoms with E-state index in [1.54, 1.807) is 24.6 Å². The zero-order chi connectivity index (χ0) is 14.2. The second-order valence-corrected chi connectivity index (χ2v) is 6.14. The number of ether oxygens (including phenoxy) is 1. The van der Waals surface area contributed by atoms with Crippen molar-refractivity contribution in [2.45, 2.75) is 12.8 Å². The maximum atomic E-state index is 5.35. The Bertz CT molecular complexity index is 796. The molecule has 0 atom stereocenters. The van der Waals surface area contributed by atoms with Gasteiger partial charge in [0.2, 0.25) is 0 Å². The molecule has 4 rings (SSSR count). The van der Waals surface area contributed by atoms with Crippen molar-refractivity contribution < 1.29 is 4.74 Å². The Balaban J connectivity index is 1.85. The van der Waals surface area contributed by atoms with Gasteiger partial charge in [-0.05, 0) is 42.7 Å². The van der Waals surface area contributed by atoms with Crippen LogP contribution in [0.4, 0.5) is 0 Å². The highest BCUT2D eigenvalue weighted by molar-refractivity contribution is 7.15. The minimum Gasteiger partial charge on any atom is -0.497 e. The minimum absolute atomic E-state index is 0.887. The van der Waals surface area contributed by atoms with Crippen LogP contribution in [0.2, 0.25) is 0 Å². The molecule has 0 N–H and O–H groups in total. The van der Waals surface area contributed by atoms with Gasteiger partial charge in [-0.25, -0.2) is 4.98 Å². The molecule has 0 saturated heterocycles. The molecular weight excluding hydrogens is 280 g/mol. The normalized spacial score (nSPS) is 12.6. The first-order valence-corrected chi connectivity index (χ1v) is 7.74. The molecule has 2 aromatic heterocycles. The topological polar surface area (TPSA) is 35.0 Å². The summed E-state index contributed by atoms with van der Waals surface area (Å²) in [4.78, 5) is 10.4. The third-order valence-corrected chi connectivity index (χ3v) is 4.96. The van der Waals surface area contributed by atoms with Gasteiger partial charge >= 0.3 is 0 Å². The zero-order valence-corrected chi connectivity index (χ0v) is 12.5. The van der Waals surface area contributed by atoms with Gasteiger partial charge in [0.25, 0.3) is 0 Å². The summed E-state index contributed by atoms with van der Waals surface area (Å²) in [6.07, 6.45) is 5.79. The highest BCUT2D eigenvalue weighted by atomic mass is 32.1. The van der Waals surface area contributed by atoms with Crippen LogP contribution < -0.4 is 4.74 Å². The van der Waals surface area contributed by atoms with E-state index >= 15 is 0 Å². The predicted octanol–water partition coefficient (Wildman–Crippen LogP) is 3.98. The number of aryl methyl sites for hydroxylation is 2. The van der Waals surface area contributed by atoms with Gasteiger partial charge in [-0.1, -0.05) is 6.07 Å². The molecule has 1 aliphatic rings. The number of fused-ring (bicyclic) bond motifs is 3. The number of rotatable bonds is 2. The molecule has 2 heterocycles. The van der Waals surface area contributed by atoms with Crippen molar-refractivity contribution in [3.63, 3.8) is 0 Å². The van der Waals surface area contributed by atoms with Crippen LogP contribution in [-0.2, 0) is 12.8 Å². The van der Waals surface area contributed by atoms with Gasteiger partial charge in [0.15, 0.2) is 0 Å². The average molecular weight is 294 g/mol. The number of thiazole rings is 1. The van der Waals surface area contributed by atoms with Crippen molar-refractivity contribution in [3.05, 3.63) is 53.2 Å². The molecule has 0 unspecified atom stereocenters. The molecule has 0 spiro atoms. The first-order chi connectivity index (χ1) is 10.3. The molecule has 3 nitrogen and oxygen atoms in total. The Morgan fingerprint density at radius 1 is 1.19 bits per heavy atom. The quantitative estimate of drug-likeness (QED) is 0.717. The van der Waals surface area contributed by atoms with Crippen LogP contribution >= 0.6 is 11.3 Å². The van der Waals surface area contributed by atoms with Crippen LogP contribution in [0.15, 0.2) is 42.7 Å².